The molecule has 2 atom stereocenters. The molecule has 1 aliphatic heterocycles. The number of carbonyl (C=O) groups is 1. The van der Waals surface area contributed by atoms with Gasteiger partial charge in [0.1, 0.15) is 0 Å². The number of ether oxygens (including phenoxy) is 1. The number of methoxy groups -OCH3 is 1. The molecule has 0 spiro atoms. The zero-order valence-corrected chi connectivity index (χ0v) is 11.4. The molecule has 1 heterocycles. The van der Waals surface area contributed by atoms with E-state index in [2.05, 4.69) is 0 Å². The first kappa shape index (κ1) is 14.0. The van der Waals surface area contributed by atoms with E-state index < -0.39 is 6.04 Å². The van der Waals surface area contributed by atoms with Crippen LogP contribution in [0, 0.1) is 0 Å². The van der Waals surface area contributed by atoms with Crippen molar-refractivity contribution in [1.29, 1.82) is 0 Å². The minimum Gasteiger partial charge on any atom is -0.380 e. The molecule has 1 aromatic carbocycles. The molecular formula is C15H22N2O2. The molecule has 1 aliphatic rings. The van der Waals surface area contributed by atoms with Crippen LogP contribution >= 0.6 is 0 Å². The van der Waals surface area contributed by atoms with Crippen LogP contribution in [-0.2, 0) is 16.0 Å². The van der Waals surface area contributed by atoms with Gasteiger partial charge in [0.25, 0.3) is 0 Å². The predicted molar refractivity (Wildman–Crippen MR) is 74.7 cm³/mol. The highest BCUT2D eigenvalue weighted by Gasteiger charge is 2.26. The third-order valence-corrected chi connectivity index (χ3v) is 3.64. The van der Waals surface area contributed by atoms with Crippen molar-refractivity contribution in [2.24, 2.45) is 5.73 Å². The lowest BCUT2D eigenvalue weighted by atomic mass is 10.0. The lowest BCUT2D eigenvalue weighted by Crippen LogP contribution is -2.50. The monoisotopic (exact) mass is 262 g/mol. The van der Waals surface area contributed by atoms with E-state index in [1.165, 1.54) is 0 Å². The van der Waals surface area contributed by atoms with E-state index in [0.29, 0.717) is 13.0 Å². The second-order valence-electron chi connectivity index (χ2n) is 5.08. The molecule has 0 bridgehead atoms. The molecular weight excluding hydrogens is 240 g/mol. The van der Waals surface area contributed by atoms with Gasteiger partial charge in [0, 0.05) is 20.2 Å². The van der Waals surface area contributed by atoms with Crippen LogP contribution in [0.25, 0.3) is 0 Å². The number of hydrogen-bond donors (Lipinski definition) is 1. The fraction of sp³-hybridized carbons (Fsp3) is 0.533. The standard InChI is InChI=1S/C15H22N2O2/c1-19-13-8-5-9-17(11-13)15(18)14(16)10-12-6-3-2-4-7-12/h2-4,6-7,13-14H,5,8-11,16H2,1H3/t13?,14-/m0/s1. The zero-order valence-electron chi connectivity index (χ0n) is 11.4. The maximum atomic E-state index is 12.3. The van der Waals surface area contributed by atoms with E-state index in [4.69, 9.17) is 10.5 Å². The Hall–Kier alpha value is -1.39. The minimum absolute atomic E-state index is 0.0330. The number of amides is 1. The van der Waals surface area contributed by atoms with Crippen molar-refractivity contribution >= 4 is 5.91 Å². The smallest absolute Gasteiger partial charge is 0.239 e. The van der Waals surface area contributed by atoms with Gasteiger partial charge in [-0.2, -0.15) is 0 Å². The molecule has 1 fully saturated rings. The van der Waals surface area contributed by atoms with Crippen LogP contribution in [0.3, 0.4) is 0 Å². The molecule has 2 rings (SSSR count). The summed E-state index contributed by atoms with van der Waals surface area (Å²) in [7, 11) is 1.70. The number of likely N-dealkylation sites (tertiary alicyclic amines) is 1. The fourth-order valence-corrected chi connectivity index (χ4v) is 2.52. The maximum absolute atomic E-state index is 12.3. The van der Waals surface area contributed by atoms with Gasteiger partial charge in [0.15, 0.2) is 0 Å². The number of hydrogen-bond acceptors (Lipinski definition) is 3. The van der Waals surface area contributed by atoms with Crippen LogP contribution in [0.2, 0.25) is 0 Å². The van der Waals surface area contributed by atoms with Crippen molar-refractivity contribution in [2.75, 3.05) is 20.2 Å². The largest absolute Gasteiger partial charge is 0.380 e. The summed E-state index contributed by atoms with van der Waals surface area (Å²) in [5, 5.41) is 0. The molecule has 1 unspecified atom stereocenters. The van der Waals surface area contributed by atoms with Gasteiger partial charge in [-0.25, -0.2) is 0 Å². The summed E-state index contributed by atoms with van der Waals surface area (Å²) in [5.74, 6) is 0.0330. The third-order valence-electron chi connectivity index (χ3n) is 3.64. The highest BCUT2D eigenvalue weighted by atomic mass is 16.5. The van der Waals surface area contributed by atoms with Crippen LogP contribution in [0.15, 0.2) is 30.3 Å². The molecule has 4 nitrogen and oxygen atoms in total. The molecule has 1 aromatic rings. The van der Waals surface area contributed by atoms with Crippen LogP contribution in [0.5, 0.6) is 0 Å². The summed E-state index contributed by atoms with van der Waals surface area (Å²) in [6.07, 6.45) is 2.76. The first-order valence-electron chi connectivity index (χ1n) is 6.82. The Balaban J connectivity index is 1.91. The van der Waals surface area contributed by atoms with Crippen molar-refractivity contribution in [3.8, 4) is 0 Å². The number of piperidine rings is 1. The van der Waals surface area contributed by atoms with Crippen LogP contribution in [-0.4, -0.2) is 43.2 Å². The first-order valence-corrected chi connectivity index (χ1v) is 6.82. The van der Waals surface area contributed by atoms with Gasteiger partial charge in [-0.15, -0.1) is 0 Å². The van der Waals surface area contributed by atoms with Gasteiger partial charge in [-0.05, 0) is 24.8 Å². The van der Waals surface area contributed by atoms with Gasteiger partial charge < -0.3 is 15.4 Å². The van der Waals surface area contributed by atoms with Crippen LogP contribution in [0.1, 0.15) is 18.4 Å². The number of nitrogens with two attached hydrogens (primary N) is 1. The number of carbonyl (C=O) groups excluding carboxylic acids is 1. The summed E-state index contributed by atoms with van der Waals surface area (Å²) >= 11 is 0. The molecule has 0 saturated carbocycles. The Kier molecular flexibility index (Phi) is 4.93. The Morgan fingerprint density at radius 2 is 2.21 bits per heavy atom. The van der Waals surface area contributed by atoms with E-state index >= 15 is 0 Å². The van der Waals surface area contributed by atoms with Gasteiger partial charge in [-0.3, -0.25) is 4.79 Å². The summed E-state index contributed by atoms with van der Waals surface area (Å²) < 4.78 is 5.33. The first-order chi connectivity index (χ1) is 9.20. The quantitative estimate of drug-likeness (QED) is 0.887. The summed E-state index contributed by atoms with van der Waals surface area (Å²) in [4.78, 5) is 14.1. The van der Waals surface area contributed by atoms with Crippen molar-refractivity contribution in [3.63, 3.8) is 0 Å². The molecule has 0 aliphatic carbocycles. The van der Waals surface area contributed by atoms with Crippen LogP contribution < -0.4 is 5.73 Å². The van der Waals surface area contributed by atoms with Crippen molar-refractivity contribution in [1.82, 2.24) is 4.90 Å². The third kappa shape index (κ3) is 3.78. The van der Waals surface area contributed by atoms with Gasteiger partial charge in [0.2, 0.25) is 5.91 Å². The second-order valence-corrected chi connectivity index (χ2v) is 5.08. The van der Waals surface area contributed by atoms with E-state index in [1.54, 1.807) is 7.11 Å². The maximum Gasteiger partial charge on any atom is 0.239 e. The molecule has 4 heteroatoms. The highest BCUT2D eigenvalue weighted by Crippen LogP contribution is 2.14. The Morgan fingerprint density at radius 3 is 2.89 bits per heavy atom. The van der Waals surface area contributed by atoms with Crippen molar-refractivity contribution < 1.29 is 9.53 Å². The molecule has 1 saturated heterocycles. The Labute approximate surface area is 114 Å². The lowest BCUT2D eigenvalue weighted by molar-refractivity contribution is -0.136. The van der Waals surface area contributed by atoms with Gasteiger partial charge >= 0.3 is 0 Å². The van der Waals surface area contributed by atoms with E-state index in [0.717, 1.165) is 24.9 Å². The molecule has 2 N–H and O–H groups in total. The molecule has 0 aromatic heterocycles. The fourth-order valence-electron chi connectivity index (χ4n) is 2.52. The number of nitrogens with zero attached hydrogens (tertiary/aromatic N) is 1. The zero-order chi connectivity index (χ0) is 13.7. The van der Waals surface area contributed by atoms with E-state index in [-0.39, 0.29) is 12.0 Å². The second kappa shape index (κ2) is 6.68. The molecule has 104 valence electrons. The van der Waals surface area contributed by atoms with Crippen LogP contribution in [0.4, 0.5) is 0 Å². The highest BCUT2D eigenvalue weighted by molar-refractivity contribution is 5.82. The van der Waals surface area contributed by atoms with Gasteiger partial charge in [0.05, 0.1) is 12.1 Å². The van der Waals surface area contributed by atoms with Crippen molar-refractivity contribution in [2.45, 2.75) is 31.4 Å². The average molecular weight is 262 g/mol. The summed E-state index contributed by atoms with van der Waals surface area (Å²) in [5.41, 5.74) is 7.14. The average Bonchev–Trinajstić information content (AvgIpc) is 2.47. The molecule has 19 heavy (non-hydrogen) atoms. The summed E-state index contributed by atoms with van der Waals surface area (Å²) in [6, 6.07) is 9.44. The SMILES string of the molecule is COC1CCCN(C(=O)[C@@H](N)Cc2ccccc2)C1. The lowest BCUT2D eigenvalue weighted by Gasteiger charge is -2.33. The number of rotatable bonds is 4. The predicted octanol–water partition coefficient (Wildman–Crippen LogP) is 1.19. The van der Waals surface area contributed by atoms with Gasteiger partial charge in [-0.1, -0.05) is 30.3 Å². The topological polar surface area (TPSA) is 55.6 Å². The van der Waals surface area contributed by atoms with E-state index in [9.17, 15) is 4.79 Å². The Bertz CT molecular complexity index is 408. The number of benzene rings is 1. The molecule has 1 amide bonds. The van der Waals surface area contributed by atoms with Crippen molar-refractivity contribution in [3.05, 3.63) is 35.9 Å². The summed E-state index contributed by atoms with van der Waals surface area (Å²) in [6.45, 7) is 1.46. The minimum atomic E-state index is -0.460. The molecule has 0 radical (unpaired) electrons. The normalized spacial score (nSPS) is 21.2. The van der Waals surface area contributed by atoms with E-state index in [1.807, 2.05) is 35.2 Å². The Morgan fingerprint density at radius 1 is 1.47 bits per heavy atom.